The molecule has 1 amide bonds. The van der Waals surface area contributed by atoms with Gasteiger partial charge < -0.3 is 14.6 Å². The van der Waals surface area contributed by atoms with Crippen LogP contribution in [0.1, 0.15) is 6.42 Å². The number of amides is 1. The molecule has 7 heteroatoms. The van der Waals surface area contributed by atoms with Gasteiger partial charge in [-0.25, -0.2) is 4.98 Å². The lowest BCUT2D eigenvalue weighted by Crippen LogP contribution is -2.26. The van der Waals surface area contributed by atoms with Gasteiger partial charge in [0.15, 0.2) is 0 Å². The molecule has 1 fully saturated rings. The third-order valence-corrected chi connectivity index (χ3v) is 3.60. The molecule has 0 aliphatic carbocycles. The highest BCUT2D eigenvalue weighted by atomic mass is 16.5. The van der Waals surface area contributed by atoms with E-state index in [0.717, 1.165) is 0 Å². The van der Waals surface area contributed by atoms with Crippen LogP contribution in [0.25, 0.3) is 10.9 Å². The number of nitrogens with zero attached hydrogens (tertiary/aromatic N) is 2. The van der Waals surface area contributed by atoms with Gasteiger partial charge in [0.25, 0.3) is 5.56 Å². The SMILES string of the molecule is COC(=O)C1CC(=O)N(c2ccc3nc[nH]c(=O)c3c2)C1. The average molecular weight is 287 g/mol. The van der Waals surface area contributed by atoms with Crippen molar-refractivity contribution < 1.29 is 14.3 Å². The van der Waals surface area contributed by atoms with Crippen LogP contribution in [-0.4, -0.2) is 35.5 Å². The number of fused-ring (bicyclic) bond motifs is 1. The minimum atomic E-state index is -0.467. The number of ether oxygens (including phenoxy) is 1. The summed E-state index contributed by atoms with van der Waals surface area (Å²) < 4.78 is 4.67. The first kappa shape index (κ1) is 13.3. The Balaban J connectivity index is 1.97. The number of carbonyl (C=O) groups is 2. The van der Waals surface area contributed by atoms with Gasteiger partial charge in [0.1, 0.15) is 0 Å². The maximum Gasteiger partial charge on any atom is 0.311 e. The topological polar surface area (TPSA) is 92.4 Å². The number of aromatic nitrogens is 2. The largest absolute Gasteiger partial charge is 0.469 e. The monoisotopic (exact) mass is 287 g/mol. The molecule has 0 saturated carbocycles. The number of esters is 1. The van der Waals surface area contributed by atoms with Crippen molar-refractivity contribution in [3.8, 4) is 0 Å². The fraction of sp³-hybridized carbons (Fsp3) is 0.286. The number of anilines is 1. The Morgan fingerprint density at radius 3 is 3.00 bits per heavy atom. The first-order valence-electron chi connectivity index (χ1n) is 6.46. The molecule has 3 rings (SSSR count). The average Bonchev–Trinajstić information content (AvgIpc) is 2.88. The summed E-state index contributed by atoms with van der Waals surface area (Å²) in [5, 5.41) is 0.407. The van der Waals surface area contributed by atoms with Crippen LogP contribution in [0, 0.1) is 5.92 Å². The predicted octanol–water partition coefficient (Wildman–Crippen LogP) is 0.449. The highest BCUT2D eigenvalue weighted by Crippen LogP contribution is 2.27. The molecule has 1 aliphatic rings. The van der Waals surface area contributed by atoms with Crippen LogP contribution in [0.4, 0.5) is 5.69 Å². The molecule has 1 N–H and O–H groups in total. The minimum absolute atomic E-state index is 0.119. The standard InChI is InChI=1S/C14H13N3O4/c1-21-14(20)8-4-12(18)17(6-8)9-2-3-11-10(5-9)13(19)16-7-15-11/h2-3,5,7-8H,4,6H2,1H3,(H,15,16,19). The minimum Gasteiger partial charge on any atom is -0.469 e. The van der Waals surface area contributed by atoms with Crippen LogP contribution >= 0.6 is 0 Å². The Morgan fingerprint density at radius 1 is 1.43 bits per heavy atom. The van der Waals surface area contributed by atoms with Gasteiger partial charge in [-0.05, 0) is 18.2 Å². The Labute approximate surface area is 119 Å². The molecule has 1 saturated heterocycles. The number of hydrogen-bond acceptors (Lipinski definition) is 5. The third kappa shape index (κ3) is 2.26. The first-order valence-corrected chi connectivity index (χ1v) is 6.46. The van der Waals surface area contributed by atoms with Crippen LogP contribution in [0.3, 0.4) is 0 Å². The first-order chi connectivity index (χ1) is 10.1. The van der Waals surface area contributed by atoms with E-state index in [1.165, 1.54) is 18.3 Å². The highest BCUT2D eigenvalue weighted by Gasteiger charge is 2.35. The third-order valence-electron chi connectivity index (χ3n) is 3.60. The summed E-state index contributed by atoms with van der Waals surface area (Å²) in [6, 6.07) is 5.00. The molecule has 1 aromatic heterocycles. The Bertz CT molecular complexity index is 783. The molecule has 7 nitrogen and oxygen atoms in total. The molecule has 0 bridgehead atoms. The maximum atomic E-state index is 12.0. The second kappa shape index (κ2) is 5.01. The summed E-state index contributed by atoms with van der Waals surface area (Å²) in [7, 11) is 1.30. The van der Waals surface area contributed by atoms with E-state index < -0.39 is 11.9 Å². The molecule has 0 spiro atoms. The van der Waals surface area contributed by atoms with E-state index >= 15 is 0 Å². The molecular formula is C14H13N3O4. The van der Waals surface area contributed by atoms with E-state index in [4.69, 9.17) is 0 Å². The normalized spacial score (nSPS) is 18.2. The van der Waals surface area contributed by atoms with Crippen molar-refractivity contribution in [2.75, 3.05) is 18.6 Å². The van der Waals surface area contributed by atoms with Crippen molar-refractivity contribution in [1.29, 1.82) is 0 Å². The number of nitrogens with one attached hydrogen (secondary N) is 1. The summed E-state index contributed by atoms with van der Waals surface area (Å²) in [4.78, 5) is 43.4. The number of benzene rings is 1. The van der Waals surface area contributed by atoms with Gasteiger partial charge in [0.2, 0.25) is 5.91 Å². The second-order valence-electron chi connectivity index (χ2n) is 4.86. The van der Waals surface area contributed by atoms with Crippen LogP contribution in [0.15, 0.2) is 29.3 Å². The highest BCUT2D eigenvalue weighted by molar-refractivity contribution is 6.00. The van der Waals surface area contributed by atoms with Crippen LogP contribution < -0.4 is 10.5 Å². The number of hydrogen-bond donors (Lipinski definition) is 1. The van der Waals surface area contributed by atoms with Gasteiger partial charge in [-0.15, -0.1) is 0 Å². The van der Waals surface area contributed by atoms with Gasteiger partial charge in [0, 0.05) is 18.7 Å². The molecule has 108 valence electrons. The van der Waals surface area contributed by atoms with Crippen molar-refractivity contribution in [1.82, 2.24) is 9.97 Å². The molecule has 1 aliphatic heterocycles. The molecule has 1 atom stereocenters. The van der Waals surface area contributed by atoms with E-state index in [1.54, 1.807) is 18.2 Å². The molecule has 1 unspecified atom stereocenters. The van der Waals surface area contributed by atoms with Crippen molar-refractivity contribution in [3.63, 3.8) is 0 Å². The van der Waals surface area contributed by atoms with Gasteiger partial charge in [-0.2, -0.15) is 0 Å². The lowest BCUT2D eigenvalue weighted by molar-refractivity contribution is -0.145. The van der Waals surface area contributed by atoms with Gasteiger partial charge in [-0.3, -0.25) is 14.4 Å². The lowest BCUT2D eigenvalue weighted by Gasteiger charge is -2.16. The maximum absolute atomic E-state index is 12.0. The molecular weight excluding hydrogens is 274 g/mol. The quantitative estimate of drug-likeness (QED) is 0.809. The Morgan fingerprint density at radius 2 is 2.24 bits per heavy atom. The summed E-state index contributed by atoms with van der Waals surface area (Å²) in [6.45, 7) is 0.259. The smallest absolute Gasteiger partial charge is 0.311 e. The zero-order chi connectivity index (χ0) is 15.0. The fourth-order valence-electron chi connectivity index (χ4n) is 2.51. The van der Waals surface area contributed by atoms with Crippen LogP contribution in [-0.2, 0) is 14.3 Å². The van der Waals surface area contributed by atoms with Gasteiger partial charge >= 0.3 is 5.97 Å². The van der Waals surface area contributed by atoms with E-state index in [-0.39, 0.29) is 24.4 Å². The van der Waals surface area contributed by atoms with Crippen molar-refractivity contribution in [3.05, 3.63) is 34.9 Å². The predicted molar refractivity (Wildman–Crippen MR) is 74.8 cm³/mol. The van der Waals surface area contributed by atoms with Crippen LogP contribution in [0.5, 0.6) is 0 Å². The van der Waals surface area contributed by atoms with E-state index in [2.05, 4.69) is 14.7 Å². The fourth-order valence-corrected chi connectivity index (χ4v) is 2.51. The number of rotatable bonds is 2. The van der Waals surface area contributed by atoms with Crippen molar-refractivity contribution >= 4 is 28.5 Å². The lowest BCUT2D eigenvalue weighted by atomic mass is 10.1. The van der Waals surface area contributed by atoms with Crippen molar-refractivity contribution in [2.45, 2.75) is 6.42 Å². The molecule has 2 heterocycles. The van der Waals surface area contributed by atoms with Gasteiger partial charge in [0.05, 0.1) is 30.3 Å². The Kier molecular flexibility index (Phi) is 3.17. The zero-order valence-corrected chi connectivity index (χ0v) is 11.3. The van der Waals surface area contributed by atoms with E-state index in [0.29, 0.717) is 16.6 Å². The molecule has 2 aromatic rings. The zero-order valence-electron chi connectivity index (χ0n) is 11.3. The second-order valence-corrected chi connectivity index (χ2v) is 4.86. The summed E-state index contributed by atoms with van der Waals surface area (Å²) in [5.41, 5.74) is 0.870. The number of H-pyrrole nitrogens is 1. The molecule has 0 radical (unpaired) electrons. The summed E-state index contributed by atoms with van der Waals surface area (Å²) in [6.07, 6.45) is 1.45. The Hall–Kier alpha value is -2.70. The summed E-state index contributed by atoms with van der Waals surface area (Å²) in [5.74, 6) is -1.03. The number of carbonyl (C=O) groups excluding carboxylic acids is 2. The van der Waals surface area contributed by atoms with E-state index in [9.17, 15) is 14.4 Å². The molecule has 21 heavy (non-hydrogen) atoms. The van der Waals surface area contributed by atoms with E-state index in [1.807, 2.05) is 0 Å². The van der Waals surface area contributed by atoms with Gasteiger partial charge in [-0.1, -0.05) is 0 Å². The summed E-state index contributed by atoms with van der Waals surface area (Å²) >= 11 is 0. The number of methoxy groups -OCH3 is 1. The van der Waals surface area contributed by atoms with Crippen LogP contribution in [0.2, 0.25) is 0 Å². The molecule has 1 aromatic carbocycles. The van der Waals surface area contributed by atoms with Crippen molar-refractivity contribution in [2.24, 2.45) is 5.92 Å². The number of aromatic amines is 1.